The lowest BCUT2D eigenvalue weighted by Crippen LogP contribution is -2.07. The highest BCUT2D eigenvalue weighted by Crippen LogP contribution is 2.08. The quantitative estimate of drug-likeness (QED) is 0.767. The number of nitrogens with zero attached hydrogens (tertiary/aromatic N) is 1. The molecule has 1 aromatic rings. The molecule has 0 aliphatic heterocycles. The minimum atomic E-state index is 0.231. The van der Waals surface area contributed by atoms with E-state index in [1.54, 1.807) is 18.3 Å². The van der Waals surface area contributed by atoms with Gasteiger partial charge in [-0.05, 0) is 18.1 Å². The Morgan fingerprint density at radius 2 is 2.21 bits per heavy atom. The van der Waals surface area contributed by atoms with Crippen molar-refractivity contribution in [1.29, 1.82) is 0 Å². The summed E-state index contributed by atoms with van der Waals surface area (Å²) in [4.78, 5) is 15.5. The zero-order valence-corrected chi connectivity index (χ0v) is 9.21. The van der Waals surface area contributed by atoms with Crippen LogP contribution >= 0.6 is 11.6 Å². The smallest absolute Gasteiger partial charge is 0.139 e. The second-order valence-corrected chi connectivity index (χ2v) is 4.22. The maximum Gasteiger partial charge on any atom is 0.139 e. The number of Topliss-reactive ketones (excluding diaryl/α,β-unsaturated/α-hetero) is 1. The SMILES string of the molecule is CC(C)CC(=O)Cc1ccc(Cl)cn1. The molecule has 2 nitrogen and oxygen atoms in total. The van der Waals surface area contributed by atoms with Crippen LogP contribution in [0, 0.1) is 5.92 Å². The number of aromatic nitrogens is 1. The van der Waals surface area contributed by atoms with Gasteiger partial charge in [0.2, 0.25) is 0 Å². The first-order chi connectivity index (χ1) is 6.58. The minimum Gasteiger partial charge on any atom is -0.299 e. The minimum absolute atomic E-state index is 0.231. The molecule has 0 amide bonds. The number of carbonyl (C=O) groups is 1. The van der Waals surface area contributed by atoms with Gasteiger partial charge in [0.05, 0.1) is 5.02 Å². The summed E-state index contributed by atoms with van der Waals surface area (Å²) in [6, 6.07) is 3.55. The number of pyridine rings is 1. The van der Waals surface area contributed by atoms with Gasteiger partial charge in [-0.25, -0.2) is 0 Å². The van der Waals surface area contributed by atoms with Gasteiger partial charge in [0.25, 0.3) is 0 Å². The van der Waals surface area contributed by atoms with Crippen LogP contribution in [-0.2, 0) is 11.2 Å². The van der Waals surface area contributed by atoms with Crippen LogP contribution in [0.3, 0.4) is 0 Å². The van der Waals surface area contributed by atoms with Crippen LogP contribution in [0.5, 0.6) is 0 Å². The van der Waals surface area contributed by atoms with Crippen molar-refractivity contribution >= 4 is 17.4 Å². The number of ketones is 1. The van der Waals surface area contributed by atoms with Gasteiger partial charge < -0.3 is 0 Å². The third-order valence-corrected chi connectivity index (χ3v) is 2.03. The number of carbonyl (C=O) groups excluding carboxylic acids is 1. The van der Waals surface area contributed by atoms with Gasteiger partial charge in [-0.3, -0.25) is 9.78 Å². The fraction of sp³-hybridized carbons (Fsp3) is 0.455. The van der Waals surface area contributed by atoms with Crippen molar-refractivity contribution in [3.05, 3.63) is 29.0 Å². The van der Waals surface area contributed by atoms with Crippen LogP contribution in [0.25, 0.3) is 0 Å². The monoisotopic (exact) mass is 211 g/mol. The van der Waals surface area contributed by atoms with Crippen LogP contribution in [0.4, 0.5) is 0 Å². The van der Waals surface area contributed by atoms with Crippen LogP contribution in [0.1, 0.15) is 26.0 Å². The Labute approximate surface area is 89.3 Å². The molecule has 0 unspecified atom stereocenters. The zero-order valence-electron chi connectivity index (χ0n) is 8.46. The summed E-state index contributed by atoms with van der Waals surface area (Å²) in [5.41, 5.74) is 0.792. The first kappa shape index (κ1) is 11.2. The topological polar surface area (TPSA) is 30.0 Å². The van der Waals surface area contributed by atoms with Crippen molar-refractivity contribution in [2.75, 3.05) is 0 Å². The lowest BCUT2D eigenvalue weighted by molar-refractivity contribution is -0.119. The highest BCUT2D eigenvalue weighted by molar-refractivity contribution is 6.30. The van der Waals surface area contributed by atoms with Crippen LogP contribution in [0.15, 0.2) is 18.3 Å². The van der Waals surface area contributed by atoms with Crippen molar-refractivity contribution in [3.8, 4) is 0 Å². The molecule has 1 rings (SSSR count). The molecule has 0 spiro atoms. The molecule has 0 aliphatic carbocycles. The molecular weight excluding hydrogens is 198 g/mol. The average Bonchev–Trinajstić information content (AvgIpc) is 2.07. The van der Waals surface area contributed by atoms with Gasteiger partial charge in [-0.1, -0.05) is 25.4 Å². The molecule has 0 fully saturated rings. The van der Waals surface area contributed by atoms with E-state index in [0.29, 0.717) is 23.8 Å². The van der Waals surface area contributed by atoms with Crippen molar-refractivity contribution in [1.82, 2.24) is 4.98 Å². The molecule has 3 heteroatoms. The molecule has 1 heterocycles. The molecule has 0 aromatic carbocycles. The number of rotatable bonds is 4. The summed E-state index contributed by atoms with van der Waals surface area (Å²) in [6.45, 7) is 4.07. The van der Waals surface area contributed by atoms with Crippen LogP contribution in [-0.4, -0.2) is 10.8 Å². The van der Waals surface area contributed by atoms with E-state index in [1.807, 2.05) is 13.8 Å². The fourth-order valence-electron chi connectivity index (χ4n) is 1.24. The summed E-state index contributed by atoms with van der Waals surface area (Å²) < 4.78 is 0. The number of hydrogen-bond donors (Lipinski definition) is 0. The Hall–Kier alpha value is -0.890. The van der Waals surface area contributed by atoms with Gasteiger partial charge in [-0.15, -0.1) is 0 Å². The Bertz CT molecular complexity index is 306. The lowest BCUT2D eigenvalue weighted by Gasteiger charge is -2.03. The van der Waals surface area contributed by atoms with E-state index < -0.39 is 0 Å². The van der Waals surface area contributed by atoms with E-state index in [1.165, 1.54) is 0 Å². The predicted octanol–water partition coefficient (Wildman–Crippen LogP) is 2.89. The van der Waals surface area contributed by atoms with E-state index in [4.69, 9.17) is 11.6 Å². The largest absolute Gasteiger partial charge is 0.299 e. The number of hydrogen-bond acceptors (Lipinski definition) is 2. The van der Waals surface area contributed by atoms with Crippen molar-refractivity contribution in [2.45, 2.75) is 26.7 Å². The van der Waals surface area contributed by atoms with E-state index >= 15 is 0 Å². The number of halogens is 1. The summed E-state index contributed by atoms with van der Waals surface area (Å²) in [6.07, 6.45) is 2.60. The Kier molecular flexibility index (Phi) is 4.08. The third-order valence-electron chi connectivity index (χ3n) is 1.80. The van der Waals surface area contributed by atoms with Crippen LogP contribution in [0.2, 0.25) is 5.02 Å². The second-order valence-electron chi connectivity index (χ2n) is 3.78. The summed E-state index contributed by atoms with van der Waals surface area (Å²) >= 11 is 5.69. The van der Waals surface area contributed by atoms with Gasteiger partial charge in [0, 0.05) is 24.7 Å². The lowest BCUT2D eigenvalue weighted by atomic mass is 10.0. The molecule has 0 aliphatic rings. The molecule has 76 valence electrons. The molecular formula is C11H14ClNO. The predicted molar refractivity (Wildman–Crippen MR) is 57.4 cm³/mol. The van der Waals surface area contributed by atoms with E-state index in [0.717, 1.165) is 5.69 Å². The van der Waals surface area contributed by atoms with Gasteiger partial charge >= 0.3 is 0 Å². The Morgan fingerprint density at radius 1 is 1.50 bits per heavy atom. The maximum atomic E-state index is 11.4. The highest BCUT2D eigenvalue weighted by atomic mass is 35.5. The molecule has 0 saturated heterocycles. The maximum absolute atomic E-state index is 11.4. The van der Waals surface area contributed by atoms with E-state index in [-0.39, 0.29) is 5.78 Å². The molecule has 0 atom stereocenters. The Balaban J connectivity index is 2.52. The normalized spacial score (nSPS) is 10.6. The molecule has 0 bridgehead atoms. The second kappa shape index (κ2) is 5.11. The first-order valence-electron chi connectivity index (χ1n) is 4.70. The Morgan fingerprint density at radius 3 is 2.71 bits per heavy atom. The zero-order chi connectivity index (χ0) is 10.6. The molecule has 1 aromatic heterocycles. The summed E-state index contributed by atoms with van der Waals surface area (Å²) in [5, 5.41) is 0.602. The third kappa shape index (κ3) is 3.88. The molecule has 0 radical (unpaired) electrons. The molecule has 0 saturated carbocycles. The summed E-state index contributed by atoms with van der Waals surface area (Å²) in [7, 11) is 0. The standard InChI is InChI=1S/C11H14ClNO/c1-8(2)5-11(14)6-10-4-3-9(12)7-13-10/h3-4,7-8H,5-6H2,1-2H3. The van der Waals surface area contributed by atoms with E-state index in [9.17, 15) is 4.79 Å². The van der Waals surface area contributed by atoms with E-state index in [2.05, 4.69) is 4.98 Å². The first-order valence-corrected chi connectivity index (χ1v) is 5.08. The van der Waals surface area contributed by atoms with Crippen LogP contribution < -0.4 is 0 Å². The summed E-state index contributed by atoms with van der Waals surface area (Å²) in [5.74, 6) is 0.643. The van der Waals surface area contributed by atoms with Crippen molar-refractivity contribution < 1.29 is 4.79 Å². The average molecular weight is 212 g/mol. The van der Waals surface area contributed by atoms with Gasteiger partial charge in [-0.2, -0.15) is 0 Å². The fourth-order valence-corrected chi connectivity index (χ4v) is 1.35. The van der Waals surface area contributed by atoms with Crippen molar-refractivity contribution in [3.63, 3.8) is 0 Å². The van der Waals surface area contributed by atoms with Crippen molar-refractivity contribution in [2.24, 2.45) is 5.92 Å². The molecule has 0 N–H and O–H groups in total. The van der Waals surface area contributed by atoms with Gasteiger partial charge in [0.1, 0.15) is 5.78 Å². The molecule has 14 heavy (non-hydrogen) atoms. The highest BCUT2D eigenvalue weighted by Gasteiger charge is 2.06. The van der Waals surface area contributed by atoms with Gasteiger partial charge in [0.15, 0.2) is 0 Å².